The lowest BCUT2D eigenvalue weighted by Gasteiger charge is -2.10. The molecule has 0 saturated heterocycles. The lowest BCUT2D eigenvalue weighted by Crippen LogP contribution is -2.14. The summed E-state index contributed by atoms with van der Waals surface area (Å²) in [4.78, 5) is 25.0. The summed E-state index contributed by atoms with van der Waals surface area (Å²) in [7, 11) is 5.40. The van der Waals surface area contributed by atoms with Gasteiger partial charge in [-0.05, 0) is 17.7 Å². The second kappa shape index (κ2) is 6.15. The van der Waals surface area contributed by atoms with Crippen LogP contribution in [0.1, 0.15) is 5.56 Å². The topological polar surface area (TPSA) is 128 Å². The molecule has 2 N–H and O–H groups in total. The van der Waals surface area contributed by atoms with Crippen LogP contribution in [0, 0.1) is 10.1 Å². The average molecular weight is 340 g/mol. The molecule has 1 aromatic carbocycles. The van der Waals surface area contributed by atoms with E-state index in [4.69, 9.17) is 5.73 Å². The van der Waals surface area contributed by atoms with Gasteiger partial charge in [-0.1, -0.05) is 0 Å². The molecule has 2 heterocycles. The number of hydrogen-bond acceptors (Lipinski definition) is 8. The molecule has 0 aliphatic heterocycles. The van der Waals surface area contributed by atoms with Crippen LogP contribution in [0.25, 0.3) is 11.0 Å². The number of anilines is 2. The van der Waals surface area contributed by atoms with E-state index >= 15 is 0 Å². The van der Waals surface area contributed by atoms with Gasteiger partial charge in [0.15, 0.2) is 11.5 Å². The van der Waals surface area contributed by atoms with E-state index < -0.39 is 4.92 Å². The zero-order valence-electron chi connectivity index (χ0n) is 13.9. The van der Waals surface area contributed by atoms with E-state index in [2.05, 4.69) is 20.1 Å². The van der Waals surface area contributed by atoms with Crippen molar-refractivity contribution in [2.24, 2.45) is 12.0 Å². The van der Waals surface area contributed by atoms with E-state index in [1.54, 1.807) is 35.0 Å². The normalized spacial score (nSPS) is 11.3. The molecular weight excluding hydrogens is 324 g/mol. The van der Waals surface area contributed by atoms with Crippen LogP contribution < -0.4 is 10.6 Å². The summed E-state index contributed by atoms with van der Waals surface area (Å²) in [5.41, 5.74) is 7.35. The maximum Gasteiger partial charge on any atom is 0.269 e. The van der Waals surface area contributed by atoms with Gasteiger partial charge in [-0.15, -0.1) is 0 Å². The number of aromatic nitrogens is 4. The number of nitro groups is 1. The Morgan fingerprint density at radius 1 is 1.28 bits per heavy atom. The number of benzene rings is 1. The zero-order chi connectivity index (χ0) is 18.1. The van der Waals surface area contributed by atoms with Gasteiger partial charge in [-0.25, -0.2) is 9.67 Å². The summed E-state index contributed by atoms with van der Waals surface area (Å²) in [5.74, 6) is 1.16. The van der Waals surface area contributed by atoms with Crippen molar-refractivity contribution in [1.82, 2.24) is 19.7 Å². The van der Waals surface area contributed by atoms with Gasteiger partial charge >= 0.3 is 0 Å². The van der Waals surface area contributed by atoms with Crippen molar-refractivity contribution in [2.45, 2.75) is 0 Å². The summed E-state index contributed by atoms with van der Waals surface area (Å²) in [6.07, 6.45) is 1.56. The molecule has 3 rings (SSSR count). The minimum Gasteiger partial charge on any atom is -0.383 e. The summed E-state index contributed by atoms with van der Waals surface area (Å²) >= 11 is 0. The molecule has 0 unspecified atom stereocenters. The molecule has 0 spiro atoms. The first-order chi connectivity index (χ1) is 11.9. The summed E-state index contributed by atoms with van der Waals surface area (Å²) < 4.78 is 1.59. The first-order valence-corrected chi connectivity index (χ1v) is 7.33. The second-order valence-electron chi connectivity index (χ2n) is 5.56. The number of fused-ring (bicyclic) bond motifs is 1. The quantitative estimate of drug-likeness (QED) is 0.434. The first-order valence-electron chi connectivity index (χ1n) is 7.33. The number of nitrogens with two attached hydrogens (primary N) is 1. The number of hydrogen-bond donors (Lipinski definition) is 1. The number of nitrogen functional groups attached to an aromatic ring is 1. The maximum atomic E-state index is 10.7. The molecule has 2 aromatic heterocycles. The van der Waals surface area contributed by atoms with Crippen molar-refractivity contribution in [3.8, 4) is 0 Å². The Morgan fingerprint density at radius 3 is 2.56 bits per heavy atom. The molecule has 0 atom stereocenters. The minimum atomic E-state index is -0.451. The Bertz CT molecular complexity index is 975. The van der Waals surface area contributed by atoms with E-state index in [9.17, 15) is 10.1 Å². The van der Waals surface area contributed by atoms with Crippen LogP contribution in [0.2, 0.25) is 0 Å². The SMILES string of the molecule is CN(C)c1nc(N)c2c(N=Cc3ccc([N+](=O)[O-])cc3)nn(C)c2n1. The molecule has 0 aliphatic rings. The lowest BCUT2D eigenvalue weighted by molar-refractivity contribution is -0.384. The van der Waals surface area contributed by atoms with E-state index in [0.29, 0.717) is 28.4 Å². The van der Waals surface area contributed by atoms with Gasteiger partial charge in [0.2, 0.25) is 5.95 Å². The molecular formula is C15H16N8O2. The Morgan fingerprint density at radius 2 is 1.96 bits per heavy atom. The highest BCUT2D eigenvalue weighted by atomic mass is 16.6. The molecule has 128 valence electrons. The van der Waals surface area contributed by atoms with E-state index in [1.807, 2.05) is 14.1 Å². The van der Waals surface area contributed by atoms with Crippen molar-refractivity contribution in [3.05, 3.63) is 39.9 Å². The third kappa shape index (κ3) is 3.09. The number of non-ortho nitro benzene ring substituents is 1. The summed E-state index contributed by atoms with van der Waals surface area (Å²) in [6, 6.07) is 6.05. The van der Waals surface area contributed by atoms with Crippen LogP contribution in [0.3, 0.4) is 0 Å². The zero-order valence-corrected chi connectivity index (χ0v) is 13.9. The fourth-order valence-corrected chi connectivity index (χ4v) is 2.25. The highest BCUT2D eigenvalue weighted by Gasteiger charge is 2.16. The van der Waals surface area contributed by atoms with Gasteiger partial charge in [-0.2, -0.15) is 15.1 Å². The molecule has 0 radical (unpaired) electrons. The van der Waals surface area contributed by atoms with Gasteiger partial charge in [0.25, 0.3) is 5.69 Å². The van der Waals surface area contributed by atoms with Crippen molar-refractivity contribution < 1.29 is 4.92 Å². The molecule has 0 bridgehead atoms. The Hall–Kier alpha value is -3.56. The van der Waals surface area contributed by atoms with Gasteiger partial charge < -0.3 is 10.6 Å². The van der Waals surface area contributed by atoms with E-state index in [1.165, 1.54) is 12.1 Å². The molecule has 25 heavy (non-hydrogen) atoms. The first kappa shape index (κ1) is 16.3. The van der Waals surface area contributed by atoms with Crippen LogP contribution in [-0.4, -0.2) is 45.0 Å². The third-order valence-corrected chi connectivity index (χ3v) is 3.52. The van der Waals surface area contributed by atoms with Gasteiger partial charge in [0.05, 0.1) is 4.92 Å². The second-order valence-corrected chi connectivity index (χ2v) is 5.56. The van der Waals surface area contributed by atoms with Gasteiger partial charge in [0.1, 0.15) is 11.2 Å². The number of rotatable bonds is 4. The largest absolute Gasteiger partial charge is 0.383 e. The van der Waals surface area contributed by atoms with E-state index in [-0.39, 0.29) is 11.5 Å². The molecule has 0 aliphatic carbocycles. The Labute approximate surface area is 142 Å². The maximum absolute atomic E-state index is 10.7. The fourth-order valence-electron chi connectivity index (χ4n) is 2.25. The van der Waals surface area contributed by atoms with Gasteiger partial charge in [-0.3, -0.25) is 10.1 Å². The molecule has 0 saturated carbocycles. The van der Waals surface area contributed by atoms with Gasteiger partial charge in [0, 0.05) is 39.5 Å². The summed E-state index contributed by atoms with van der Waals surface area (Å²) in [5, 5.41) is 15.6. The highest BCUT2D eigenvalue weighted by molar-refractivity contribution is 5.97. The molecule has 0 amide bonds. The van der Waals surface area contributed by atoms with Crippen LogP contribution in [0.5, 0.6) is 0 Å². The molecule has 10 heteroatoms. The number of aryl methyl sites for hydroxylation is 1. The molecule has 0 fully saturated rings. The van der Waals surface area contributed by atoms with Crippen LogP contribution in [0.4, 0.5) is 23.3 Å². The van der Waals surface area contributed by atoms with Crippen LogP contribution in [-0.2, 0) is 7.05 Å². The summed E-state index contributed by atoms with van der Waals surface area (Å²) in [6.45, 7) is 0. The minimum absolute atomic E-state index is 0.0225. The Kier molecular flexibility index (Phi) is 4.01. The van der Waals surface area contributed by atoms with Crippen LogP contribution >= 0.6 is 0 Å². The standard InChI is InChI=1S/C15H16N8O2/c1-21(2)15-18-12(16)11-13(20-22(3)14(11)19-15)17-8-9-4-6-10(7-5-9)23(24)25/h4-8H,1-3H3,(H2,16,18,19). The number of aliphatic imine (C=N–C) groups is 1. The van der Waals surface area contributed by atoms with E-state index in [0.717, 1.165) is 0 Å². The molecule has 3 aromatic rings. The van der Waals surface area contributed by atoms with Crippen LogP contribution in [0.15, 0.2) is 29.3 Å². The smallest absolute Gasteiger partial charge is 0.269 e. The monoisotopic (exact) mass is 340 g/mol. The highest BCUT2D eigenvalue weighted by Crippen LogP contribution is 2.29. The predicted molar refractivity (Wildman–Crippen MR) is 95.4 cm³/mol. The van der Waals surface area contributed by atoms with Crippen molar-refractivity contribution in [1.29, 1.82) is 0 Å². The van der Waals surface area contributed by atoms with Crippen molar-refractivity contribution in [3.63, 3.8) is 0 Å². The van der Waals surface area contributed by atoms with Crippen molar-refractivity contribution in [2.75, 3.05) is 24.7 Å². The number of nitro benzene ring substituents is 1. The Balaban J connectivity index is 2.00. The van der Waals surface area contributed by atoms with Crippen molar-refractivity contribution >= 4 is 40.5 Å². The lowest BCUT2D eigenvalue weighted by atomic mass is 10.2. The molecule has 10 nitrogen and oxygen atoms in total. The fraction of sp³-hybridized carbons (Fsp3) is 0.200. The third-order valence-electron chi connectivity index (χ3n) is 3.52. The predicted octanol–water partition coefficient (Wildman–Crippen LogP) is 1.67. The average Bonchev–Trinajstić information content (AvgIpc) is 2.90. The number of nitrogens with zero attached hydrogens (tertiary/aromatic N) is 7.